The van der Waals surface area contributed by atoms with Gasteiger partial charge in [-0.15, -0.1) is 0 Å². The molecule has 2 N–H and O–H groups in total. The van der Waals surface area contributed by atoms with E-state index in [0.717, 1.165) is 8.95 Å². The second-order valence-corrected chi connectivity index (χ2v) is 3.23. The Morgan fingerprint density at radius 3 is 2.00 bits per heavy atom. The summed E-state index contributed by atoms with van der Waals surface area (Å²) >= 11 is 6.46. The Bertz CT molecular complexity index is 204. The molecule has 9 heavy (non-hydrogen) atoms. The van der Waals surface area contributed by atoms with E-state index in [1.54, 1.807) is 12.4 Å². The first-order chi connectivity index (χ1) is 4.22. The highest BCUT2D eigenvalue weighted by molar-refractivity contribution is 9.11. The Hall–Kier alpha value is -0.0900. The van der Waals surface area contributed by atoms with Gasteiger partial charge in [0, 0.05) is 12.4 Å². The zero-order valence-corrected chi connectivity index (χ0v) is 7.61. The maximum absolute atomic E-state index is 5.55. The predicted molar refractivity (Wildman–Crippen MR) is 44.0 cm³/mol. The van der Waals surface area contributed by atoms with Crippen molar-refractivity contribution in [3.8, 4) is 0 Å². The third-order valence-electron chi connectivity index (χ3n) is 0.890. The molecule has 48 valence electrons. The number of nitrogens with two attached hydrogens (primary N) is 1. The van der Waals surface area contributed by atoms with Crippen LogP contribution in [-0.4, -0.2) is 4.98 Å². The Kier molecular flexibility index (Phi) is 2.08. The highest BCUT2D eigenvalue weighted by atomic mass is 79.9. The Morgan fingerprint density at radius 1 is 1.22 bits per heavy atom. The number of rotatable bonds is 0. The van der Waals surface area contributed by atoms with E-state index in [9.17, 15) is 0 Å². The lowest BCUT2D eigenvalue weighted by Crippen LogP contribution is -1.88. The first kappa shape index (κ1) is 7.02. The van der Waals surface area contributed by atoms with Gasteiger partial charge in [0.1, 0.15) is 0 Å². The van der Waals surface area contributed by atoms with Gasteiger partial charge in [0.25, 0.3) is 0 Å². The molecule has 0 spiro atoms. The average Bonchev–Trinajstić information content (AvgIpc) is 1.83. The molecule has 0 amide bonds. The molecule has 1 aromatic rings. The van der Waals surface area contributed by atoms with Gasteiger partial charge in [0.15, 0.2) is 0 Å². The van der Waals surface area contributed by atoms with Gasteiger partial charge in [0.05, 0.1) is 14.6 Å². The summed E-state index contributed by atoms with van der Waals surface area (Å²) in [6.07, 6.45) is 3.31. The van der Waals surface area contributed by atoms with Crippen molar-refractivity contribution in [3.63, 3.8) is 0 Å². The maximum Gasteiger partial charge on any atom is 0.0634 e. The van der Waals surface area contributed by atoms with Crippen molar-refractivity contribution in [2.45, 2.75) is 0 Å². The summed E-state index contributed by atoms with van der Waals surface area (Å²) in [5, 5.41) is 0. The molecule has 0 saturated heterocycles. The van der Waals surface area contributed by atoms with E-state index in [1.807, 2.05) is 0 Å². The van der Waals surface area contributed by atoms with Crippen LogP contribution in [0.3, 0.4) is 0 Å². The zero-order valence-electron chi connectivity index (χ0n) is 4.44. The minimum absolute atomic E-state index is 0.685. The van der Waals surface area contributed by atoms with Crippen LogP contribution in [0, 0.1) is 0 Å². The molecule has 1 rings (SSSR count). The number of nitrogens with zero attached hydrogens (tertiary/aromatic N) is 1. The summed E-state index contributed by atoms with van der Waals surface area (Å²) in [5.41, 5.74) is 6.23. The van der Waals surface area contributed by atoms with E-state index in [1.165, 1.54) is 0 Å². The van der Waals surface area contributed by atoms with Gasteiger partial charge in [-0.1, -0.05) is 0 Å². The number of aromatic nitrogens is 1. The summed E-state index contributed by atoms with van der Waals surface area (Å²) in [4.78, 5) is 3.87. The summed E-state index contributed by atoms with van der Waals surface area (Å²) in [6.45, 7) is 0. The largest absolute Gasteiger partial charge is 0.397 e. The molecule has 2 nitrogen and oxygen atoms in total. The molecule has 0 fully saturated rings. The van der Waals surface area contributed by atoms with Crippen LogP contribution in [-0.2, 0) is 0 Å². The van der Waals surface area contributed by atoms with Crippen molar-refractivity contribution in [2.24, 2.45) is 0 Å². The zero-order chi connectivity index (χ0) is 6.85. The van der Waals surface area contributed by atoms with Crippen molar-refractivity contribution in [1.29, 1.82) is 0 Å². The molecule has 1 aromatic heterocycles. The van der Waals surface area contributed by atoms with Gasteiger partial charge in [-0.3, -0.25) is 4.98 Å². The van der Waals surface area contributed by atoms with Crippen LogP contribution in [0.4, 0.5) is 5.69 Å². The monoisotopic (exact) mass is 250 g/mol. The van der Waals surface area contributed by atoms with E-state index in [2.05, 4.69) is 36.8 Å². The number of pyridine rings is 1. The van der Waals surface area contributed by atoms with E-state index in [0.29, 0.717) is 5.69 Å². The van der Waals surface area contributed by atoms with Crippen molar-refractivity contribution >= 4 is 37.5 Å². The molecule has 1 heterocycles. The van der Waals surface area contributed by atoms with E-state index in [-0.39, 0.29) is 0 Å². The predicted octanol–water partition coefficient (Wildman–Crippen LogP) is 2.19. The molecule has 0 unspecified atom stereocenters. The quantitative estimate of drug-likeness (QED) is 0.768. The normalized spacial score (nSPS) is 9.56. The van der Waals surface area contributed by atoms with Crippen LogP contribution in [0.2, 0.25) is 0 Å². The first-order valence-corrected chi connectivity index (χ1v) is 3.85. The Labute approximate surface area is 69.7 Å². The lowest BCUT2D eigenvalue weighted by Gasteiger charge is -1.96. The van der Waals surface area contributed by atoms with Crippen molar-refractivity contribution in [3.05, 3.63) is 21.3 Å². The van der Waals surface area contributed by atoms with Crippen LogP contribution >= 0.6 is 31.9 Å². The molecule has 0 aromatic carbocycles. The topological polar surface area (TPSA) is 38.9 Å². The minimum Gasteiger partial charge on any atom is -0.397 e. The third-order valence-corrected chi connectivity index (χ3v) is 2.15. The van der Waals surface area contributed by atoms with Gasteiger partial charge in [0.2, 0.25) is 0 Å². The molecule has 0 saturated carbocycles. The molecule has 0 atom stereocenters. The molecular formula is C5H4Br2N2. The number of anilines is 1. The Balaban J connectivity index is 3.25. The van der Waals surface area contributed by atoms with Crippen LogP contribution in [0.1, 0.15) is 0 Å². The second-order valence-electron chi connectivity index (χ2n) is 1.52. The minimum atomic E-state index is 0.685. The lowest BCUT2D eigenvalue weighted by molar-refractivity contribution is 1.29. The summed E-state index contributed by atoms with van der Waals surface area (Å²) in [7, 11) is 0. The first-order valence-electron chi connectivity index (χ1n) is 2.26. The maximum atomic E-state index is 5.55. The van der Waals surface area contributed by atoms with E-state index in [4.69, 9.17) is 5.73 Å². The molecular weight excluding hydrogens is 248 g/mol. The standard InChI is InChI=1S/C5H4Br2N2/c6-3-1-9-2-4(7)5(3)8/h1-2H,(H2,8,9). The number of hydrogen-bond donors (Lipinski definition) is 1. The van der Waals surface area contributed by atoms with Crippen LogP contribution in [0.15, 0.2) is 21.3 Å². The summed E-state index contributed by atoms with van der Waals surface area (Å²) in [5.74, 6) is 0. The molecule has 0 aliphatic rings. The van der Waals surface area contributed by atoms with Crippen LogP contribution < -0.4 is 5.73 Å². The van der Waals surface area contributed by atoms with Crippen LogP contribution in [0.25, 0.3) is 0 Å². The number of halogens is 2. The van der Waals surface area contributed by atoms with Crippen molar-refractivity contribution in [2.75, 3.05) is 5.73 Å². The SMILES string of the molecule is Nc1c(Br)cncc1Br. The van der Waals surface area contributed by atoms with Gasteiger partial charge < -0.3 is 5.73 Å². The molecule has 0 radical (unpaired) electrons. The molecule has 0 aliphatic carbocycles. The Morgan fingerprint density at radius 2 is 1.67 bits per heavy atom. The fourth-order valence-electron chi connectivity index (χ4n) is 0.421. The van der Waals surface area contributed by atoms with Crippen molar-refractivity contribution < 1.29 is 0 Å². The van der Waals surface area contributed by atoms with E-state index >= 15 is 0 Å². The highest BCUT2D eigenvalue weighted by Gasteiger charge is 1.97. The van der Waals surface area contributed by atoms with Gasteiger partial charge >= 0.3 is 0 Å². The van der Waals surface area contributed by atoms with Crippen molar-refractivity contribution in [1.82, 2.24) is 4.98 Å². The fraction of sp³-hybridized carbons (Fsp3) is 0. The molecule has 0 bridgehead atoms. The highest BCUT2D eigenvalue weighted by Crippen LogP contribution is 2.25. The fourth-order valence-corrected chi connectivity index (χ4v) is 1.35. The second kappa shape index (κ2) is 2.66. The van der Waals surface area contributed by atoms with Gasteiger partial charge in [-0.25, -0.2) is 0 Å². The van der Waals surface area contributed by atoms with Gasteiger partial charge in [-0.2, -0.15) is 0 Å². The number of hydrogen-bond acceptors (Lipinski definition) is 2. The average molecular weight is 252 g/mol. The summed E-state index contributed by atoms with van der Waals surface area (Å²) in [6, 6.07) is 0. The lowest BCUT2D eigenvalue weighted by atomic mass is 10.4. The molecule has 0 aliphatic heterocycles. The van der Waals surface area contributed by atoms with E-state index < -0.39 is 0 Å². The summed E-state index contributed by atoms with van der Waals surface area (Å²) < 4.78 is 1.63. The smallest absolute Gasteiger partial charge is 0.0634 e. The van der Waals surface area contributed by atoms with Crippen LogP contribution in [0.5, 0.6) is 0 Å². The molecule has 4 heteroatoms. The number of nitrogen functional groups attached to an aromatic ring is 1. The third kappa shape index (κ3) is 1.43. The van der Waals surface area contributed by atoms with Gasteiger partial charge in [-0.05, 0) is 31.9 Å².